The number of hydrogen-bond acceptors (Lipinski definition) is 1. The molecule has 1 N–H and O–H groups in total. The number of aliphatic hydroxyl groups excluding tert-OH is 1. The van der Waals surface area contributed by atoms with Crippen LogP contribution in [-0.4, -0.2) is 11.7 Å². The molecule has 0 aromatic carbocycles. The van der Waals surface area contributed by atoms with Crippen LogP contribution in [0.3, 0.4) is 0 Å². The SMILES string of the molecule is CC=CC(C)CCCCCO. The van der Waals surface area contributed by atoms with Gasteiger partial charge in [-0.15, -0.1) is 0 Å². The zero-order chi connectivity index (χ0) is 8.53. The van der Waals surface area contributed by atoms with E-state index in [4.69, 9.17) is 5.11 Å². The fourth-order valence-electron chi connectivity index (χ4n) is 1.18. The van der Waals surface area contributed by atoms with Crippen molar-refractivity contribution in [2.75, 3.05) is 6.61 Å². The van der Waals surface area contributed by atoms with Gasteiger partial charge in [-0.25, -0.2) is 0 Å². The largest absolute Gasteiger partial charge is 0.396 e. The highest BCUT2D eigenvalue weighted by Gasteiger charge is 1.95. The summed E-state index contributed by atoms with van der Waals surface area (Å²) in [6.07, 6.45) is 8.97. The van der Waals surface area contributed by atoms with Crippen molar-refractivity contribution in [1.82, 2.24) is 0 Å². The molecule has 0 fully saturated rings. The maximum atomic E-state index is 8.52. The van der Waals surface area contributed by atoms with E-state index in [1.165, 1.54) is 19.3 Å². The molecule has 0 aromatic heterocycles. The summed E-state index contributed by atoms with van der Waals surface area (Å²) in [6, 6.07) is 0. The zero-order valence-electron chi connectivity index (χ0n) is 7.71. The van der Waals surface area contributed by atoms with E-state index in [0.717, 1.165) is 6.42 Å². The van der Waals surface area contributed by atoms with E-state index in [2.05, 4.69) is 26.0 Å². The van der Waals surface area contributed by atoms with Gasteiger partial charge in [0.2, 0.25) is 0 Å². The average molecular weight is 156 g/mol. The molecule has 0 aliphatic carbocycles. The third kappa shape index (κ3) is 7.60. The van der Waals surface area contributed by atoms with Crippen LogP contribution in [0.4, 0.5) is 0 Å². The topological polar surface area (TPSA) is 20.2 Å². The Hall–Kier alpha value is -0.300. The first-order valence-electron chi connectivity index (χ1n) is 4.55. The molecule has 0 aliphatic heterocycles. The highest BCUT2D eigenvalue weighted by Crippen LogP contribution is 2.09. The molecular weight excluding hydrogens is 136 g/mol. The Morgan fingerprint density at radius 3 is 2.55 bits per heavy atom. The van der Waals surface area contributed by atoms with Gasteiger partial charge in [0.15, 0.2) is 0 Å². The number of allylic oxidation sites excluding steroid dienone is 2. The lowest BCUT2D eigenvalue weighted by atomic mass is 10.0. The highest BCUT2D eigenvalue weighted by molar-refractivity contribution is 4.82. The Balaban J connectivity index is 3.10. The first kappa shape index (κ1) is 10.7. The number of unbranched alkanes of at least 4 members (excludes halogenated alkanes) is 2. The minimum atomic E-state index is 0.345. The van der Waals surface area contributed by atoms with Gasteiger partial charge in [0.25, 0.3) is 0 Å². The Labute approximate surface area is 70.1 Å². The van der Waals surface area contributed by atoms with Gasteiger partial charge in [-0.2, -0.15) is 0 Å². The molecule has 0 radical (unpaired) electrons. The van der Waals surface area contributed by atoms with Crippen molar-refractivity contribution in [3.05, 3.63) is 12.2 Å². The molecule has 0 spiro atoms. The maximum Gasteiger partial charge on any atom is 0.0431 e. The van der Waals surface area contributed by atoms with Gasteiger partial charge in [0, 0.05) is 6.61 Å². The van der Waals surface area contributed by atoms with E-state index in [0.29, 0.717) is 12.5 Å². The van der Waals surface area contributed by atoms with E-state index in [1.807, 2.05) is 0 Å². The molecule has 0 bridgehead atoms. The predicted molar refractivity (Wildman–Crippen MR) is 49.5 cm³/mol. The molecule has 1 atom stereocenters. The Bertz CT molecular complexity index is 97.0. The molecule has 0 amide bonds. The van der Waals surface area contributed by atoms with Gasteiger partial charge in [-0.1, -0.05) is 31.9 Å². The van der Waals surface area contributed by atoms with Crippen LogP contribution in [0.15, 0.2) is 12.2 Å². The first-order valence-corrected chi connectivity index (χ1v) is 4.55. The van der Waals surface area contributed by atoms with Crippen molar-refractivity contribution >= 4 is 0 Å². The highest BCUT2D eigenvalue weighted by atomic mass is 16.2. The van der Waals surface area contributed by atoms with Gasteiger partial charge in [-0.05, 0) is 25.7 Å². The van der Waals surface area contributed by atoms with Crippen LogP contribution in [0.25, 0.3) is 0 Å². The van der Waals surface area contributed by atoms with Crippen LogP contribution >= 0.6 is 0 Å². The van der Waals surface area contributed by atoms with E-state index >= 15 is 0 Å². The Morgan fingerprint density at radius 1 is 1.27 bits per heavy atom. The molecule has 66 valence electrons. The summed E-state index contributed by atoms with van der Waals surface area (Å²) in [5, 5.41) is 8.52. The molecule has 0 saturated carbocycles. The van der Waals surface area contributed by atoms with Crippen LogP contribution in [0.5, 0.6) is 0 Å². The van der Waals surface area contributed by atoms with Gasteiger partial charge >= 0.3 is 0 Å². The Kier molecular flexibility index (Phi) is 7.59. The summed E-state index contributed by atoms with van der Waals surface area (Å²) in [5.74, 6) is 0.707. The van der Waals surface area contributed by atoms with Crippen LogP contribution in [0.2, 0.25) is 0 Å². The molecule has 0 heterocycles. The van der Waals surface area contributed by atoms with E-state index in [1.54, 1.807) is 0 Å². The van der Waals surface area contributed by atoms with Gasteiger partial charge in [-0.3, -0.25) is 0 Å². The monoisotopic (exact) mass is 156 g/mol. The lowest BCUT2D eigenvalue weighted by molar-refractivity contribution is 0.281. The molecule has 1 heteroatoms. The van der Waals surface area contributed by atoms with Crippen LogP contribution in [-0.2, 0) is 0 Å². The number of hydrogen-bond donors (Lipinski definition) is 1. The molecule has 0 aromatic rings. The summed E-state index contributed by atoms with van der Waals surface area (Å²) in [7, 11) is 0. The first-order chi connectivity index (χ1) is 5.31. The van der Waals surface area contributed by atoms with E-state index in [-0.39, 0.29) is 0 Å². The fraction of sp³-hybridized carbons (Fsp3) is 0.800. The molecular formula is C10H20O. The van der Waals surface area contributed by atoms with Crippen molar-refractivity contribution in [3.63, 3.8) is 0 Å². The minimum Gasteiger partial charge on any atom is -0.396 e. The number of aliphatic hydroxyl groups is 1. The van der Waals surface area contributed by atoms with Crippen molar-refractivity contribution < 1.29 is 5.11 Å². The van der Waals surface area contributed by atoms with Crippen molar-refractivity contribution in [1.29, 1.82) is 0 Å². The summed E-state index contributed by atoms with van der Waals surface area (Å²) >= 11 is 0. The minimum absolute atomic E-state index is 0.345. The van der Waals surface area contributed by atoms with Gasteiger partial charge in [0.1, 0.15) is 0 Å². The third-order valence-electron chi connectivity index (χ3n) is 1.84. The standard InChI is InChI=1S/C10H20O/c1-3-7-10(2)8-5-4-6-9-11/h3,7,10-11H,4-6,8-9H2,1-2H3. The maximum absolute atomic E-state index is 8.52. The smallest absolute Gasteiger partial charge is 0.0431 e. The van der Waals surface area contributed by atoms with Gasteiger partial charge < -0.3 is 5.11 Å². The molecule has 1 nitrogen and oxygen atoms in total. The second-order valence-electron chi connectivity index (χ2n) is 3.08. The summed E-state index contributed by atoms with van der Waals surface area (Å²) in [4.78, 5) is 0. The van der Waals surface area contributed by atoms with Crippen LogP contribution in [0.1, 0.15) is 39.5 Å². The normalized spacial score (nSPS) is 14.1. The molecule has 11 heavy (non-hydrogen) atoms. The summed E-state index contributed by atoms with van der Waals surface area (Å²) in [6.45, 7) is 4.64. The van der Waals surface area contributed by atoms with Crippen LogP contribution in [0, 0.1) is 5.92 Å². The van der Waals surface area contributed by atoms with E-state index < -0.39 is 0 Å². The lowest BCUT2D eigenvalue weighted by Gasteiger charge is -2.04. The molecule has 0 rings (SSSR count). The Morgan fingerprint density at radius 2 is 2.00 bits per heavy atom. The molecule has 1 unspecified atom stereocenters. The lowest BCUT2D eigenvalue weighted by Crippen LogP contribution is -1.90. The van der Waals surface area contributed by atoms with Crippen molar-refractivity contribution in [3.8, 4) is 0 Å². The van der Waals surface area contributed by atoms with E-state index in [9.17, 15) is 0 Å². The average Bonchev–Trinajstić information content (AvgIpc) is 1.99. The fourth-order valence-corrected chi connectivity index (χ4v) is 1.18. The van der Waals surface area contributed by atoms with Gasteiger partial charge in [0.05, 0.1) is 0 Å². The zero-order valence-corrected chi connectivity index (χ0v) is 7.71. The summed E-state index contributed by atoms with van der Waals surface area (Å²) < 4.78 is 0. The van der Waals surface area contributed by atoms with Crippen molar-refractivity contribution in [2.45, 2.75) is 39.5 Å². The van der Waals surface area contributed by atoms with Crippen molar-refractivity contribution in [2.24, 2.45) is 5.92 Å². The second kappa shape index (κ2) is 7.80. The summed E-state index contributed by atoms with van der Waals surface area (Å²) in [5.41, 5.74) is 0. The van der Waals surface area contributed by atoms with Crippen LogP contribution < -0.4 is 0 Å². The quantitative estimate of drug-likeness (QED) is 0.463. The molecule has 0 saturated heterocycles. The second-order valence-corrected chi connectivity index (χ2v) is 3.08. The molecule has 0 aliphatic rings. The number of rotatable bonds is 6. The predicted octanol–water partition coefficient (Wildman–Crippen LogP) is 2.75. The third-order valence-corrected chi connectivity index (χ3v) is 1.84.